The zero-order valence-electron chi connectivity index (χ0n) is 13.9. The molecule has 0 saturated heterocycles. The molecule has 0 aromatic heterocycles. The van der Waals surface area contributed by atoms with E-state index >= 15 is 0 Å². The normalized spacial score (nSPS) is 15.0. The Labute approximate surface area is 141 Å². The van der Waals surface area contributed by atoms with Gasteiger partial charge in [0.2, 0.25) is 15.9 Å². The SMILES string of the molecule is CC(=O)N1CCc2ccc(S(=O)(=O)N(C)CCC(=O)O)cc2CC1. The monoisotopic (exact) mass is 354 g/mol. The number of carboxylic acid groups (broad SMARTS) is 1. The number of aliphatic carboxylic acids is 1. The van der Waals surface area contributed by atoms with Crippen molar-refractivity contribution in [2.45, 2.75) is 31.1 Å². The maximum Gasteiger partial charge on any atom is 0.304 e. The summed E-state index contributed by atoms with van der Waals surface area (Å²) >= 11 is 0. The lowest BCUT2D eigenvalue weighted by molar-refractivity contribution is -0.137. The number of hydrogen-bond donors (Lipinski definition) is 1. The molecule has 1 aliphatic heterocycles. The first-order chi connectivity index (χ1) is 11.2. The van der Waals surface area contributed by atoms with E-state index in [0.29, 0.717) is 25.9 Å². The van der Waals surface area contributed by atoms with Crippen LogP contribution in [0.4, 0.5) is 0 Å². The number of benzene rings is 1. The lowest BCUT2D eigenvalue weighted by atomic mass is 10.0. The molecule has 8 heteroatoms. The largest absolute Gasteiger partial charge is 0.481 e. The van der Waals surface area contributed by atoms with Crippen molar-refractivity contribution in [3.63, 3.8) is 0 Å². The fraction of sp³-hybridized carbons (Fsp3) is 0.500. The number of amides is 1. The summed E-state index contributed by atoms with van der Waals surface area (Å²) in [5.41, 5.74) is 1.97. The Morgan fingerprint density at radius 3 is 2.42 bits per heavy atom. The molecule has 1 amide bonds. The topological polar surface area (TPSA) is 95.0 Å². The Morgan fingerprint density at radius 1 is 1.21 bits per heavy atom. The highest BCUT2D eigenvalue weighted by molar-refractivity contribution is 7.89. The average Bonchev–Trinajstić information content (AvgIpc) is 2.74. The van der Waals surface area contributed by atoms with Crippen LogP contribution in [-0.2, 0) is 32.5 Å². The van der Waals surface area contributed by atoms with Crippen LogP contribution in [0.15, 0.2) is 23.1 Å². The van der Waals surface area contributed by atoms with Gasteiger partial charge in [-0.15, -0.1) is 0 Å². The van der Waals surface area contributed by atoms with E-state index in [2.05, 4.69) is 0 Å². The predicted octanol–water partition coefficient (Wildman–Crippen LogP) is 0.729. The van der Waals surface area contributed by atoms with Crippen LogP contribution in [0.2, 0.25) is 0 Å². The van der Waals surface area contributed by atoms with Gasteiger partial charge < -0.3 is 10.0 Å². The Hall–Kier alpha value is -1.93. The molecule has 24 heavy (non-hydrogen) atoms. The summed E-state index contributed by atoms with van der Waals surface area (Å²) in [5.74, 6) is -1.02. The zero-order valence-corrected chi connectivity index (χ0v) is 14.7. The van der Waals surface area contributed by atoms with Crippen LogP contribution >= 0.6 is 0 Å². The minimum absolute atomic E-state index is 0.0176. The van der Waals surface area contributed by atoms with Crippen molar-refractivity contribution in [1.29, 1.82) is 0 Å². The van der Waals surface area contributed by atoms with Crippen molar-refractivity contribution >= 4 is 21.9 Å². The third kappa shape index (κ3) is 4.12. The molecule has 0 radical (unpaired) electrons. The molecular weight excluding hydrogens is 332 g/mol. The molecule has 1 aromatic carbocycles. The molecule has 0 saturated carbocycles. The molecule has 1 aromatic rings. The summed E-state index contributed by atoms with van der Waals surface area (Å²) in [6.45, 7) is 2.66. The van der Waals surface area contributed by atoms with E-state index in [1.807, 2.05) is 0 Å². The number of nitrogens with zero attached hydrogens (tertiary/aromatic N) is 2. The van der Waals surface area contributed by atoms with Crippen LogP contribution in [0.3, 0.4) is 0 Å². The van der Waals surface area contributed by atoms with Gasteiger partial charge in [-0.05, 0) is 36.1 Å². The lowest BCUT2D eigenvalue weighted by Gasteiger charge is -2.17. The van der Waals surface area contributed by atoms with Crippen molar-refractivity contribution in [2.75, 3.05) is 26.7 Å². The first-order valence-corrected chi connectivity index (χ1v) is 9.21. The Kier molecular flexibility index (Phi) is 5.61. The number of sulfonamides is 1. The van der Waals surface area contributed by atoms with Gasteiger partial charge in [0.05, 0.1) is 11.3 Å². The van der Waals surface area contributed by atoms with E-state index in [1.54, 1.807) is 23.1 Å². The summed E-state index contributed by atoms with van der Waals surface area (Å²) in [6, 6.07) is 4.98. The number of carbonyl (C=O) groups is 2. The summed E-state index contributed by atoms with van der Waals surface area (Å²) in [4.78, 5) is 24.1. The highest BCUT2D eigenvalue weighted by atomic mass is 32.2. The highest BCUT2D eigenvalue weighted by Gasteiger charge is 2.23. The van der Waals surface area contributed by atoms with Gasteiger partial charge >= 0.3 is 5.97 Å². The van der Waals surface area contributed by atoms with E-state index in [4.69, 9.17) is 5.11 Å². The molecule has 0 spiro atoms. The van der Waals surface area contributed by atoms with E-state index < -0.39 is 16.0 Å². The van der Waals surface area contributed by atoms with Gasteiger partial charge in [0, 0.05) is 33.6 Å². The number of carbonyl (C=O) groups excluding carboxylic acids is 1. The fourth-order valence-corrected chi connectivity index (χ4v) is 3.95. The maximum absolute atomic E-state index is 12.6. The molecule has 132 valence electrons. The van der Waals surface area contributed by atoms with Gasteiger partial charge in [0.15, 0.2) is 0 Å². The second-order valence-corrected chi connectivity index (χ2v) is 7.95. The van der Waals surface area contributed by atoms with E-state index in [-0.39, 0.29) is 23.8 Å². The van der Waals surface area contributed by atoms with Gasteiger partial charge in [0.1, 0.15) is 0 Å². The van der Waals surface area contributed by atoms with Crippen molar-refractivity contribution < 1.29 is 23.1 Å². The van der Waals surface area contributed by atoms with Crippen molar-refractivity contribution in [3.05, 3.63) is 29.3 Å². The highest BCUT2D eigenvalue weighted by Crippen LogP contribution is 2.22. The maximum atomic E-state index is 12.6. The van der Waals surface area contributed by atoms with E-state index in [9.17, 15) is 18.0 Å². The standard InChI is InChI=1S/C16H22N2O5S/c1-12(19)18-9-5-13-3-4-15(11-14(13)6-10-18)24(22,23)17(2)8-7-16(20)21/h3-4,11H,5-10H2,1-2H3,(H,20,21). The van der Waals surface area contributed by atoms with Gasteiger partial charge in [-0.1, -0.05) is 6.07 Å². The van der Waals surface area contributed by atoms with E-state index in [0.717, 1.165) is 15.4 Å². The fourth-order valence-electron chi connectivity index (χ4n) is 2.73. The van der Waals surface area contributed by atoms with Crippen molar-refractivity contribution in [1.82, 2.24) is 9.21 Å². The molecule has 2 rings (SSSR count). The summed E-state index contributed by atoms with van der Waals surface area (Å²) in [6.07, 6.45) is 1.06. The zero-order chi connectivity index (χ0) is 17.9. The van der Waals surface area contributed by atoms with Gasteiger partial charge in [-0.25, -0.2) is 12.7 Å². The van der Waals surface area contributed by atoms with Crippen LogP contribution < -0.4 is 0 Å². The number of rotatable bonds is 5. The Morgan fingerprint density at radius 2 is 1.83 bits per heavy atom. The van der Waals surface area contributed by atoms with Crippen LogP contribution in [0.25, 0.3) is 0 Å². The molecule has 0 bridgehead atoms. The molecule has 0 aliphatic carbocycles. The van der Waals surface area contributed by atoms with Gasteiger partial charge in [-0.2, -0.15) is 0 Å². The second-order valence-electron chi connectivity index (χ2n) is 5.91. The first kappa shape index (κ1) is 18.4. The summed E-state index contributed by atoms with van der Waals surface area (Å²) < 4.78 is 26.2. The first-order valence-electron chi connectivity index (χ1n) is 7.77. The minimum Gasteiger partial charge on any atom is -0.481 e. The third-order valence-corrected chi connectivity index (χ3v) is 6.13. The van der Waals surface area contributed by atoms with Crippen molar-refractivity contribution in [3.8, 4) is 0 Å². The molecule has 1 aliphatic rings. The van der Waals surface area contributed by atoms with Crippen LogP contribution in [0.1, 0.15) is 24.5 Å². The molecule has 1 heterocycles. The molecular formula is C16H22N2O5S. The second kappa shape index (κ2) is 7.31. The molecule has 1 N–H and O–H groups in total. The number of fused-ring (bicyclic) bond motifs is 1. The number of hydrogen-bond acceptors (Lipinski definition) is 4. The van der Waals surface area contributed by atoms with Gasteiger partial charge in [-0.3, -0.25) is 9.59 Å². The molecule has 7 nitrogen and oxygen atoms in total. The molecule has 0 atom stereocenters. The van der Waals surface area contributed by atoms with Gasteiger partial charge in [0.25, 0.3) is 0 Å². The van der Waals surface area contributed by atoms with Crippen LogP contribution in [-0.4, -0.2) is 61.3 Å². The average molecular weight is 354 g/mol. The quantitative estimate of drug-likeness (QED) is 0.841. The van der Waals surface area contributed by atoms with Crippen LogP contribution in [0.5, 0.6) is 0 Å². The Balaban J connectivity index is 2.22. The third-order valence-electron chi connectivity index (χ3n) is 4.27. The van der Waals surface area contributed by atoms with Crippen molar-refractivity contribution in [2.24, 2.45) is 0 Å². The smallest absolute Gasteiger partial charge is 0.304 e. The van der Waals surface area contributed by atoms with Crippen LogP contribution in [0, 0.1) is 0 Å². The molecule has 0 unspecified atom stereocenters. The number of carboxylic acids is 1. The minimum atomic E-state index is -3.72. The predicted molar refractivity (Wildman–Crippen MR) is 88.2 cm³/mol. The van der Waals surface area contributed by atoms with E-state index in [1.165, 1.54) is 14.0 Å². The summed E-state index contributed by atoms with van der Waals surface area (Å²) in [5, 5.41) is 8.70. The summed E-state index contributed by atoms with van der Waals surface area (Å²) in [7, 11) is -2.34. The molecule has 0 fully saturated rings. The lowest BCUT2D eigenvalue weighted by Crippen LogP contribution is -2.30. The Bertz CT molecular complexity index is 745.